The molecule has 0 aliphatic carbocycles. The number of carbonyl (C=O) groups is 1. The first-order chi connectivity index (χ1) is 9.04. The third-order valence-electron chi connectivity index (χ3n) is 3.01. The quantitative estimate of drug-likeness (QED) is 0.720. The van der Waals surface area contributed by atoms with Crippen LogP contribution in [0.25, 0.3) is 0 Å². The van der Waals surface area contributed by atoms with Crippen LogP contribution >= 0.6 is 15.9 Å². The Labute approximate surface area is 122 Å². The van der Waals surface area contributed by atoms with Crippen LogP contribution < -0.4 is 10.1 Å². The number of nitrogens with one attached hydrogen (secondary N) is 1. The maximum atomic E-state index is 11.1. The molecule has 106 valence electrons. The fraction of sp³-hybridized carbons (Fsp3) is 0.500. The summed E-state index contributed by atoms with van der Waals surface area (Å²) in [4.78, 5) is 11.1. The summed E-state index contributed by atoms with van der Waals surface area (Å²) in [5, 5.41) is 12.1. The van der Waals surface area contributed by atoms with Gasteiger partial charge in [-0.15, -0.1) is 0 Å². The lowest BCUT2D eigenvalue weighted by molar-refractivity contribution is -0.140. The zero-order valence-corrected chi connectivity index (χ0v) is 12.8. The van der Waals surface area contributed by atoms with Crippen LogP contribution in [-0.2, 0) is 4.79 Å². The highest BCUT2D eigenvalue weighted by Crippen LogP contribution is 2.17. The lowest BCUT2D eigenvalue weighted by Gasteiger charge is -2.20. The Bertz CT molecular complexity index is 411. The zero-order valence-electron chi connectivity index (χ0n) is 11.2. The third kappa shape index (κ3) is 5.61. The van der Waals surface area contributed by atoms with E-state index < -0.39 is 12.0 Å². The molecule has 4 nitrogen and oxygen atoms in total. The molecule has 19 heavy (non-hydrogen) atoms. The van der Waals surface area contributed by atoms with E-state index in [1.165, 1.54) is 0 Å². The van der Waals surface area contributed by atoms with E-state index in [4.69, 9.17) is 9.84 Å². The number of rotatable bonds is 8. The molecule has 1 rings (SSSR count). The minimum absolute atomic E-state index is 0.100. The first-order valence-corrected chi connectivity index (χ1v) is 7.18. The van der Waals surface area contributed by atoms with Gasteiger partial charge in [0, 0.05) is 11.0 Å². The molecule has 0 saturated carbocycles. The third-order valence-corrected chi connectivity index (χ3v) is 3.50. The summed E-state index contributed by atoms with van der Waals surface area (Å²) < 4.78 is 6.50. The van der Waals surface area contributed by atoms with Crippen molar-refractivity contribution < 1.29 is 14.6 Å². The van der Waals surface area contributed by atoms with E-state index in [-0.39, 0.29) is 5.92 Å². The maximum Gasteiger partial charge on any atom is 0.320 e. The van der Waals surface area contributed by atoms with Crippen molar-refractivity contribution in [1.82, 2.24) is 5.32 Å². The van der Waals surface area contributed by atoms with Crippen LogP contribution in [0.5, 0.6) is 5.75 Å². The summed E-state index contributed by atoms with van der Waals surface area (Å²) in [5.41, 5.74) is 0. The summed E-state index contributed by atoms with van der Waals surface area (Å²) in [6, 6.07) is 7.05. The average Bonchev–Trinajstić information content (AvgIpc) is 2.37. The number of ether oxygens (including phenoxy) is 1. The lowest BCUT2D eigenvalue weighted by atomic mass is 9.99. The highest BCUT2D eigenvalue weighted by Gasteiger charge is 2.22. The van der Waals surface area contributed by atoms with E-state index in [2.05, 4.69) is 21.2 Å². The molecule has 2 N–H and O–H groups in total. The van der Waals surface area contributed by atoms with Crippen LogP contribution in [0.2, 0.25) is 0 Å². The second-order valence-corrected chi connectivity index (χ2v) is 5.38. The fourth-order valence-electron chi connectivity index (χ4n) is 1.71. The Hall–Kier alpha value is -1.07. The van der Waals surface area contributed by atoms with Gasteiger partial charge in [-0.05, 0) is 24.1 Å². The second kappa shape index (κ2) is 8.17. The molecule has 0 fully saturated rings. The van der Waals surface area contributed by atoms with Gasteiger partial charge in [-0.1, -0.05) is 42.3 Å². The van der Waals surface area contributed by atoms with Crippen molar-refractivity contribution >= 4 is 21.9 Å². The summed E-state index contributed by atoms with van der Waals surface area (Å²) in [6.07, 6.45) is 0.830. The van der Waals surface area contributed by atoms with Crippen molar-refractivity contribution in [3.05, 3.63) is 28.7 Å². The molecule has 0 bridgehead atoms. The SMILES string of the molecule is CC[C@H](C)[C@H](NCCOc1cccc(Br)c1)C(=O)O. The number of carboxylic acids is 1. The fourth-order valence-corrected chi connectivity index (χ4v) is 2.09. The van der Waals surface area contributed by atoms with Crippen LogP contribution in [0, 0.1) is 5.92 Å². The molecule has 0 saturated heterocycles. The minimum atomic E-state index is -0.809. The minimum Gasteiger partial charge on any atom is -0.492 e. The van der Waals surface area contributed by atoms with Gasteiger partial charge in [0.15, 0.2) is 0 Å². The van der Waals surface area contributed by atoms with Crippen molar-refractivity contribution in [2.45, 2.75) is 26.3 Å². The molecule has 0 radical (unpaired) electrons. The van der Waals surface area contributed by atoms with Crippen LogP contribution in [0.15, 0.2) is 28.7 Å². The zero-order chi connectivity index (χ0) is 14.3. The molecule has 0 aromatic heterocycles. The second-order valence-electron chi connectivity index (χ2n) is 4.46. The Balaban J connectivity index is 2.35. The summed E-state index contributed by atoms with van der Waals surface area (Å²) in [7, 11) is 0. The normalized spacial score (nSPS) is 13.8. The Kier molecular flexibility index (Phi) is 6.87. The molecule has 0 aliphatic heterocycles. The number of aliphatic carboxylic acids is 1. The first-order valence-electron chi connectivity index (χ1n) is 6.39. The van der Waals surface area contributed by atoms with Crippen molar-refractivity contribution in [2.75, 3.05) is 13.2 Å². The lowest BCUT2D eigenvalue weighted by Crippen LogP contribution is -2.43. The number of hydrogen-bond acceptors (Lipinski definition) is 3. The highest BCUT2D eigenvalue weighted by molar-refractivity contribution is 9.10. The van der Waals surface area contributed by atoms with Gasteiger partial charge >= 0.3 is 5.97 Å². The Morgan fingerprint density at radius 1 is 1.53 bits per heavy atom. The smallest absolute Gasteiger partial charge is 0.320 e. The average molecular weight is 330 g/mol. The molecule has 1 aromatic carbocycles. The molecular weight excluding hydrogens is 310 g/mol. The van der Waals surface area contributed by atoms with Crippen molar-refractivity contribution in [3.63, 3.8) is 0 Å². The van der Waals surface area contributed by atoms with Gasteiger partial charge < -0.3 is 15.2 Å². The summed E-state index contributed by atoms with van der Waals surface area (Å²) in [5.74, 6) is 0.0618. The molecule has 5 heteroatoms. The van der Waals surface area contributed by atoms with E-state index >= 15 is 0 Å². The number of halogens is 1. The molecule has 0 unspecified atom stereocenters. The number of hydrogen-bond donors (Lipinski definition) is 2. The number of benzene rings is 1. The molecule has 1 aromatic rings. The molecular formula is C14H20BrNO3. The molecule has 0 aliphatic rings. The van der Waals surface area contributed by atoms with Gasteiger partial charge in [0.05, 0.1) is 0 Å². The van der Waals surface area contributed by atoms with E-state index in [0.29, 0.717) is 13.2 Å². The highest BCUT2D eigenvalue weighted by atomic mass is 79.9. The topological polar surface area (TPSA) is 58.6 Å². The Morgan fingerprint density at radius 3 is 2.84 bits per heavy atom. The standard InChI is InChI=1S/C14H20BrNO3/c1-3-10(2)13(14(17)18)16-7-8-19-12-6-4-5-11(15)9-12/h4-6,9-10,13,16H,3,7-8H2,1-2H3,(H,17,18)/t10-,13-/m0/s1. The van der Waals surface area contributed by atoms with Crippen LogP contribution in [0.1, 0.15) is 20.3 Å². The summed E-state index contributed by atoms with van der Waals surface area (Å²) >= 11 is 3.37. The van der Waals surface area contributed by atoms with Crippen molar-refractivity contribution in [1.29, 1.82) is 0 Å². The monoisotopic (exact) mass is 329 g/mol. The Morgan fingerprint density at radius 2 is 2.26 bits per heavy atom. The van der Waals surface area contributed by atoms with Crippen LogP contribution in [-0.4, -0.2) is 30.3 Å². The van der Waals surface area contributed by atoms with E-state index in [9.17, 15) is 4.79 Å². The first kappa shape index (κ1) is 16.0. The van der Waals surface area contributed by atoms with Gasteiger partial charge in [-0.3, -0.25) is 4.79 Å². The molecule has 0 amide bonds. The molecule has 0 heterocycles. The van der Waals surface area contributed by atoms with Gasteiger partial charge in [0.2, 0.25) is 0 Å². The largest absolute Gasteiger partial charge is 0.492 e. The van der Waals surface area contributed by atoms with E-state index in [1.807, 2.05) is 38.1 Å². The van der Waals surface area contributed by atoms with Crippen LogP contribution in [0.3, 0.4) is 0 Å². The predicted molar refractivity (Wildman–Crippen MR) is 78.5 cm³/mol. The molecule has 0 spiro atoms. The van der Waals surface area contributed by atoms with Crippen molar-refractivity contribution in [3.8, 4) is 5.75 Å². The van der Waals surface area contributed by atoms with Crippen molar-refractivity contribution in [2.24, 2.45) is 5.92 Å². The van der Waals surface area contributed by atoms with Gasteiger partial charge in [0.1, 0.15) is 18.4 Å². The van der Waals surface area contributed by atoms with Gasteiger partial charge in [0.25, 0.3) is 0 Å². The van der Waals surface area contributed by atoms with E-state index in [0.717, 1.165) is 16.6 Å². The summed E-state index contributed by atoms with van der Waals surface area (Å²) in [6.45, 7) is 4.87. The number of carboxylic acid groups (broad SMARTS) is 1. The van der Waals surface area contributed by atoms with E-state index in [1.54, 1.807) is 0 Å². The molecule has 2 atom stereocenters. The van der Waals surface area contributed by atoms with Gasteiger partial charge in [-0.2, -0.15) is 0 Å². The predicted octanol–water partition coefficient (Wildman–Crippen LogP) is 2.92. The van der Waals surface area contributed by atoms with Crippen LogP contribution in [0.4, 0.5) is 0 Å². The maximum absolute atomic E-state index is 11.1. The van der Waals surface area contributed by atoms with Gasteiger partial charge in [-0.25, -0.2) is 0 Å².